The summed E-state index contributed by atoms with van der Waals surface area (Å²) in [6, 6.07) is 17.1. The Morgan fingerprint density at radius 3 is 1.67 bits per heavy atom. The summed E-state index contributed by atoms with van der Waals surface area (Å²) in [5, 5.41) is 0. The number of ether oxygens (including phenoxy) is 4. The number of carbonyl (C=O) groups excluding carboxylic acids is 5. The largest absolute Gasteiger partial charge is 0.444 e. The van der Waals surface area contributed by atoms with Crippen LogP contribution in [0, 0.1) is 17.8 Å². The van der Waals surface area contributed by atoms with Gasteiger partial charge in [0.25, 0.3) is 6.47 Å². The maximum absolute atomic E-state index is 13.0. The lowest BCUT2D eigenvalue weighted by Crippen LogP contribution is -2.51. The fraction of sp³-hybridized carbons (Fsp3) is 0.564. The van der Waals surface area contributed by atoms with E-state index in [1.807, 2.05) is 104 Å². The highest BCUT2D eigenvalue weighted by Gasteiger charge is 2.54. The van der Waals surface area contributed by atoms with Gasteiger partial charge in [0.1, 0.15) is 22.6 Å². The molecule has 408 valence electrons. The third-order valence-corrected chi connectivity index (χ3v) is 15.8. The van der Waals surface area contributed by atoms with Crippen molar-refractivity contribution in [1.29, 1.82) is 0 Å². The normalized spacial score (nSPS) is 25.1. The predicted octanol–water partition coefficient (Wildman–Crippen LogP) is 12.2. The number of amides is 3. The second-order valence-electron chi connectivity index (χ2n) is 23.4. The third-order valence-electron chi connectivity index (χ3n) is 14.3. The average Bonchev–Trinajstić information content (AvgIpc) is 4.18. The topological polar surface area (TPSA) is 239 Å². The molecule has 7 N–H and O–H groups in total. The number of nitrogens with two attached hydrogens (primary N) is 3. The number of benzene rings is 3. The SMILES string of the molecule is CC(C)(C)OC(=O)N1[C@@H]2CC[C@@H](C2)[C@H]1C(=O)Cc1ccc(Br)cc1N.CC(C)(C)OC(=O)N1[C@@H]2CC[C@@H](C2)[C@H]1OC=O.CC(C)(C)OC(=O)N1[C@@H]2CC[C@@H](C2)[C@H]1c1nc2ccc(Br)cc2[nH]1.Nc1ccc(Br)cc1N. The Hall–Kier alpha value is -5.08. The van der Waals surface area contributed by atoms with Crippen LogP contribution in [0.2, 0.25) is 0 Å². The summed E-state index contributed by atoms with van der Waals surface area (Å²) in [6.07, 6.45) is 7.85. The average molecular weight is 1230 g/mol. The molecule has 17 nitrogen and oxygen atoms in total. The number of Topliss-reactive ketones (excluding diaryl/α,β-unsaturated/α-hetero) is 1. The van der Waals surface area contributed by atoms with E-state index in [-0.39, 0.29) is 66.5 Å². The Kier molecular flexibility index (Phi) is 17.9. The Bertz CT molecular complexity index is 2740. The number of hydrogen-bond acceptors (Lipinski definition) is 13. The summed E-state index contributed by atoms with van der Waals surface area (Å²) in [5.74, 6) is 1.90. The van der Waals surface area contributed by atoms with Crippen LogP contribution in [0.5, 0.6) is 0 Å². The minimum atomic E-state index is -0.567. The molecule has 6 aliphatic rings. The Morgan fingerprint density at radius 1 is 0.613 bits per heavy atom. The molecule has 3 aliphatic carbocycles. The van der Waals surface area contributed by atoms with Crippen molar-refractivity contribution in [3.8, 4) is 0 Å². The fourth-order valence-electron chi connectivity index (χ4n) is 11.3. The molecule has 20 heteroatoms. The Morgan fingerprint density at radius 2 is 1.09 bits per heavy atom. The summed E-state index contributed by atoms with van der Waals surface area (Å²) in [6.45, 7) is 17.2. The molecule has 6 bridgehead atoms. The maximum atomic E-state index is 13.0. The van der Waals surface area contributed by atoms with Gasteiger partial charge in [0.15, 0.2) is 12.0 Å². The highest BCUT2D eigenvalue weighted by molar-refractivity contribution is 9.11. The molecule has 3 saturated heterocycles. The van der Waals surface area contributed by atoms with Crippen molar-refractivity contribution in [3.05, 3.63) is 79.4 Å². The number of aromatic nitrogens is 2. The van der Waals surface area contributed by atoms with E-state index in [2.05, 4.69) is 52.8 Å². The molecule has 4 aromatic rings. The standard InChI is InChI=1S/C19H25BrN2O3.C18H22BrN3O2.C12H19NO4.C6H7BrN2/c1-19(2,3)25-18(24)22-14-7-5-12(8-14)17(22)16(23)9-11-4-6-13(20)10-15(11)21;1-18(2,3)24-17(23)22-12-6-4-10(8-12)15(22)16-20-13-7-5-11(19)9-14(13)21-16;1-12(2,3)17-11(15)13-9-5-4-8(6-9)10(13)16-7-14;7-4-1-2-5(8)6(9)3-4/h4,6,10,12,14,17H,5,7-9,21H2,1-3H3;5,7,9-10,12,15H,4,6,8H2,1-3H3,(H,20,21);7-10H,4-6H2,1-3H3;1-3H,8-9H2/t12-,14+,17-;10-,12+,15-;8-,9+,10+;/m000./s1. The number of imidazole rings is 1. The number of nitrogens with zero attached hydrogens (tertiary/aromatic N) is 4. The van der Waals surface area contributed by atoms with Crippen molar-refractivity contribution in [1.82, 2.24) is 24.7 Å². The Labute approximate surface area is 465 Å². The zero-order valence-corrected chi connectivity index (χ0v) is 49.1. The highest BCUT2D eigenvalue weighted by atomic mass is 79.9. The zero-order valence-electron chi connectivity index (χ0n) is 44.4. The van der Waals surface area contributed by atoms with Crippen LogP contribution < -0.4 is 17.2 Å². The van der Waals surface area contributed by atoms with Gasteiger partial charge in [-0.05, 0) is 186 Å². The van der Waals surface area contributed by atoms with Crippen molar-refractivity contribution in [2.45, 2.75) is 180 Å². The van der Waals surface area contributed by atoms with E-state index in [0.717, 1.165) is 93.6 Å². The molecular weight excluding hydrogens is 1160 g/mol. The molecule has 3 saturated carbocycles. The lowest BCUT2D eigenvalue weighted by molar-refractivity contribution is -0.146. The number of nitrogens with one attached hydrogen (secondary N) is 1. The lowest BCUT2D eigenvalue weighted by atomic mass is 9.91. The van der Waals surface area contributed by atoms with Gasteiger partial charge >= 0.3 is 18.3 Å². The quantitative estimate of drug-likeness (QED) is 0.0799. The van der Waals surface area contributed by atoms with E-state index in [9.17, 15) is 24.0 Å². The first-order chi connectivity index (χ1) is 35.1. The number of ketones is 1. The summed E-state index contributed by atoms with van der Waals surface area (Å²) < 4.78 is 24.4. The van der Waals surface area contributed by atoms with E-state index in [1.54, 1.807) is 28.0 Å². The summed E-state index contributed by atoms with van der Waals surface area (Å²) in [5.41, 5.74) is 19.9. The highest BCUT2D eigenvalue weighted by Crippen LogP contribution is 2.51. The molecule has 6 fully saturated rings. The number of anilines is 3. The van der Waals surface area contributed by atoms with Gasteiger partial charge in [-0.3, -0.25) is 24.3 Å². The lowest BCUT2D eigenvalue weighted by Gasteiger charge is -2.35. The second-order valence-corrected chi connectivity index (χ2v) is 26.1. The maximum Gasteiger partial charge on any atom is 0.413 e. The molecule has 0 radical (unpaired) electrons. The van der Waals surface area contributed by atoms with Crippen LogP contribution >= 0.6 is 47.8 Å². The van der Waals surface area contributed by atoms with E-state index in [1.165, 1.54) is 0 Å². The van der Waals surface area contributed by atoms with Gasteiger partial charge in [-0.1, -0.05) is 53.9 Å². The zero-order chi connectivity index (χ0) is 54.9. The van der Waals surface area contributed by atoms with Crippen molar-refractivity contribution >= 4 is 106 Å². The molecule has 0 spiro atoms. The van der Waals surface area contributed by atoms with E-state index in [0.29, 0.717) is 29.5 Å². The van der Waals surface area contributed by atoms with Crippen molar-refractivity contribution in [2.75, 3.05) is 17.2 Å². The molecule has 4 heterocycles. The first-order valence-corrected chi connectivity index (χ1v) is 28.1. The number of carbonyl (C=O) groups is 5. The number of H-pyrrole nitrogens is 1. The van der Waals surface area contributed by atoms with Crippen molar-refractivity contribution < 1.29 is 42.9 Å². The van der Waals surface area contributed by atoms with Crippen molar-refractivity contribution in [2.24, 2.45) is 17.8 Å². The number of halogens is 3. The number of fused-ring (bicyclic) bond motifs is 7. The molecule has 9 atom stereocenters. The number of piperidine rings is 3. The van der Waals surface area contributed by atoms with Gasteiger partial charge in [-0.15, -0.1) is 0 Å². The molecule has 3 aliphatic heterocycles. The van der Waals surface area contributed by atoms with Gasteiger partial charge in [0.05, 0.1) is 34.5 Å². The van der Waals surface area contributed by atoms with Gasteiger partial charge in [0, 0.05) is 49.6 Å². The van der Waals surface area contributed by atoms with Crippen LogP contribution in [0.1, 0.15) is 138 Å². The fourth-order valence-corrected chi connectivity index (χ4v) is 12.5. The van der Waals surface area contributed by atoms with Crippen LogP contribution in [0.25, 0.3) is 11.0 Å². The van der Waals surface area contributed by atoms with Crippen LogP contribution in [0.4, 0.5) is 31.4 Å². The Balaban J connectivity index is 0.000000154. The molecule has 75 heavy (non-hydrogen) atoms. The molecule has 0 unspecified atom stereocenters. The number of likely N-dealkylation sites (tertiary alicyclic amines) is 3. The van der Waals surface area contributed by atoms with E-state index in [4.69, 9.17) is 41.1 Å². The number of rotatable bonds is 6. The molecule has 3 amide bonds. The van der Waals surface area contributed by atoms with E-state index >= 15 is 0 Å². The second kappa shape index (κ2) is 23.3. The predicted molar refractivity (Wildman–Crippen MR) is 299 cm³/mol. The minimum absolute atomic E-state index is 0.00947. The molecule has 1 aromatic heterocycles. The number of aromatic amines is 1. The molecule has 3 aromatic carbocycles. The van der Waals surface area contributed by atoms with Gasteiger partial charge in [-0.25, -0.2) is 19.4 Å². The first kappa shape index (κ1) is 57.6. The monoisotopic (exact) mass is 1230 g/mol. The van der Waals surface area contributed by atoms with E-state index < -0.39 is 29.1 Å². The van der Waals surface area contributed by atoms with Crippen LogP contribution in [-0.4, -0.2) is 102 Å². The van der Waals surface area contributed by atoms with Crippen molar-refractivity contribution in [3.63, 3.8) is 0 Å². The number of nitrogen functional groups attached to an aromatic ring is 3. The van der Waals surface area contributed by atoms with Gasteiger partial charge < -0.3 is 41.1 Å². The first-order valence-electron chi connectivity index (χ1n) is 25.7. The van der Waals surface area contributed by atoms with Crippen LogP contribution in [0.15, 0.2) is 68.0 Å². The smallest absolute Gasteiger partial charge is 0.413 e. The van der Waals surface area contributed by atoms with Crippen LogP contribution in [-0.2, 0) is 35.0 Å². The summed E-state index contributed by atoms with van der Waals surface area (Å²) in [7, 11) is 0. The summed E-state index contributed by atoms with van der Waals surface area (Å²) >= 11 is 10.1. The van der Waals surface area contributed by atoms with Gasteiger partial charge in [0.2, 0.25) is 0 Å². The summed E-state index contributed by atoms with van der Waals surface area (Å²) in [4.78, 5) is 74.3. The third kappa shape index (κ3) is 14.3. The molecule has 10 rings (SSSR count). The van der Waals surface area contributed by atoms with Crippen LogP contribution in [0.3, 0.4) is 0 Å². The number of hydrogen-bond donors (Lipinski definition) is 4. The minimum Gasteiger partial charge on any atom is -0.444 e. The van der Waals surface area contributed by atoms with Gasteiger partial charge in [-0.2, -0.15) is 0 Å². The molecular formula is C55H73Br3N8O9.